The van der Waals surface area contributed by atoms with Crippen molar-refractivity contribution in [2.75, 3.05) is 5.73 Å². The van der Waals surface area contributed by atoms with Gasteiger partial charge < -0.3 is 10.3 Å². The molecule has 19 heavy (non-hydrogen) atoms. The molecule has 1 aromatic carbocycles. The Morgan fingerprint density at radius 3 is 2.84 bits per heavy atom. The first kappa shape index (κ1) is 12.5. The Morgan fingerprint density at radius 2 is 2.16 bits per heavy atom. The number of nitrogens with zero attached hydrogens (tertiary/aromatic N) is 2. The van der Waals surface area contributed by atoms with E-state index in [0.717, 1.165) is 23.7 Å². The van der Waals surface area contributed by atoms with Crippen LogP contribution in [-0.4, -0.2) is 9.55 Å². The average molecular weight is 257 g/mol. The molecule has 1 saturated carbocycles. The van der Waals surface area contributed by atoms with Gasteiger partial charge in [0, 0.05) is 18.2 Å². The van der Waals surface area contributed by atoms with Gasteiger partial charge in [-0.25, -0.2) is 4.98 Å². The molecule has 2 N–H and O–H groups in total. The number of aromatic nitrogens is 2. The van der Waals surface area contributed by atoms with Crippen molar-refractivity contribution in [1.82, 2.24) is 9.55 Å². The van der Waals surface area contributed by atoms with Gasteiger partial charge in [-0.3, -0.25) is 0 Å². The van der Waals surface area contributed by atoms with Crippen molar-refractivity contribution >= 4 is 16.7 Å². The lowest BCUT2D eigenvalue weighted by atomic mass is 10.1. The first-order chi connectivity index (χ1) is 9.15. The van der Waals surface area contributed by atoms with Gasteiger partial charge in [0.2, 0.25) is 0 Å². The third-order valence-electron chi connectivity index (χ3n) is 3.91. The van der Waals surface area contributed by atoms with E-state index in [-0.39, 0.29) is 0 Å². The molecule has 0 aliphatic heterocycles. The summed E-state index contributed by atoms with van der Waals surface area (Å²) < 4.78 is 2.43. The first-order valence-electron chi connectivity index (χ1n) is 7.41. The van der Waals surface area contributed by atoms with Crippen LogP contribution in [0.1, 0.15) is 51.3 Å². The van der Waals surface area contributed by atoms with Gasteiger partial charge in [-0.05, 0) is 49.8 Å². The quantitative estimate of drug-likeness (QED) is 0.825. The van der Waals surface area contributed by atoms with Crippen LogP contribution in [0.3, 0.4) is 0 Å². The average Bonchev–Trinajstić information content (AvgIpc) is 3.13. The van der Waals surface area contributed by atoms with E-state index >= 15 is 0 Å². The zero-order chi connectivity index (χ0) is 13.4. The highest BCUT2D eigenvalue weighted by molar-refractivity contribution is 5.79. The fourth-order valence-corrected chi connectivity index (χ4v) is 2.71. The van der Waals surface area contributed by atoms with Crippen LogP contribution in [0.15, 0.2) is 18.2 Å². The molecule has 0 bridgehead atoms. The summed E-state index contributed by atoms with van der Waals surface area (Å²) in [7, 11) is 0. The summed E-state index contributed by atoms with van der Waals surface area (Å²) >= 11 is 0. The fraction of sp³-hybridized carbons (Fsp3) is 0.562. The number of rotatable bonds is 5. The van der Waals surface area contributed by atoms with Crippen molar-refractivity contribution in [3.8, 4) is 0 Å². The van der Waals surface area contributed by atoms with E-state index < -0.39 is 0 Å². The maximum Gasteiger partial charge on any atom is 0.112 e. The Morgan fingerprint density at radius 1 is 1.37 bits per heavy atom. The molecule has 2 aromatic rings. The van der Waals surface area contributed by atoms with Crippen molar-refractivity contribution in [3.05, 3.63) is 24.0 Å². The van der Waals surface area contributed by atoms with Gasteiger partial charge in [-0.1, -0.05) is 13.8 Å². The third-order valence-corrected chi connectivity index (χ3v) is 3.91. The minimum atomic E-state index is 0.688. The lowest BCUT2D eigenvalue weighted by Crippen LogP contribution is -2.04. The highest BCUT2D eigenvalue weighted by Crippen LogP contribution is 2.41. The number of hydrogen-bond donors (Lipinski definition) is 1. The topological polar surface area (TPSA) is 43.8 Å². The largest absolute Gasteiger partial charge is 0.399 e. The smallest absolute Gasteiger partial charge is 0.112 e. The minimum absolute atomic E-state index is 0.688. The highest BCUT2D eigenvalue weighted by atomic mass is 15.1. The van der Waals surface area contributed by atoms with Gasteiger partial charge in [0.25, 0.3) is 0 Å². The maximum absolute atomic E-state index is 5.87. The molecular weight excluding hydrogens is 234 g/mol. The molecule has 1 heterocycles. The molecule has 0 spiro atoms. The summed E-state index contributed by atoms with van der Waals surface area (Å²) in [6, 6.07) is 6.11. The molecule has 0 unspecified atom stereocenters. The SMILES string of the molecule is CC(C)CCCn1c(C2CC2)nc2cc(N)ccc21. The van der Waals surface area contributed by atoms with Gasteiger partial charge in [-0.15, -0.1) is 0 Å². The third kappa shape index (κ3) is 2.60. The van der Waals surface area contributed by atoms with Crippen LogP contribution in [0.5, 0.6) is 0 Å². The number of benzene rings is 1. The molecule has 102 valence electrons. The number of nitrogens with two attached hydrogens (primary N) is 1. The van der Waals surface area contributed by atoms with Crippen molar-refractivity contribution in [2.24, 2.45) is 5.92 Å². The monoisotopic (exact) mass is 257 g/mol. The van der Waals surface area contributed by atoms with E-state index in [2.05, 4.69) is 24.5 Å². The zero-order valence-electron chi connectivity index (χ0n) is 11.9. The summed E-state index contributed by atoms with van der Waals surface area (Å²) in [5.41, 5.74) is 8.98. The normalized spacial score (nSPS) is 15.5. The minimum Gasteiger partial charge on any atom is -0.399 e. The van der Waals surface area contributed by atoms with Gasteiger partial charge in [-0.2, -0.15) is 0 Å². The number of hydrogen-bond acceptors (Lipinski definition) is 2. The van der Waals surface area contributed by atoms with Crippen molar-refractivity contribution < 1.29 is 0 Å². The van der Waals surface area contributed by atoms with Crippen LogP contribution < -0.4 is 5.73 Å². The molecule has 0 radical (unpaired) electrons. The Balaban J connectivity index is 1.92. The summed E-state index contributed by atoms with van der Waals surface area (Å²) in [5, 5.41) is 0. The molecule has 1 aromatic heterocycles. The second kappa shape index (κ2) is 4.87. The number of aryl methyl sites for hydroxylation is 1. The Hall–Kier alpha value is -1.51. The van der Waals surface area contributed by atoms with E-state index in [9.17, 15) is 0 Å². The van der Waals surface area contributed by atoms with Crippen molar-refractivity contribution in [2.45, 2.75) is 52.0 Å². The Labute approximate surface area is 114 Å². The van der Waals surface area contributed by atoms with Crippen LogP contribution in [-0.2, 0) is 6.54 Å². The summed E-state index contributed by atoms with van der Waals surface area (Å²) in [6.45, 7) is 5.66. The molecular formula is C16H23N3. The van der Waals surface area contributed by atoms with Crippen molar-refractivity contribution in [3.63, 3.8) is 0 Å². The Bertz CT molecular complexity index is 579. The second-order valence-corrected chi connectivity index (χ2v) is 6.18. The van der Waals surface area contributed by atoms with Gasteiger partial charge in [0.1, 0.15) is 5.82 Å². The fourth-order valence-electron chi connectivity index (χ4n) is 2.71. The van der Waals surface area contributed by atoms with E-state index in [1.54, 1.807) is 0 Å². The molecule has 0 amide bonds. The van der Waals surface area contributed by atoms with Crippen LogP contribution in [0.25, 0.3) is 11.0 Å². The van der Waals surface area contributed by atoms with Gasteiger partial charge in [0.15, 0.2) is 0 Å². The lowest BCUT2D eigenvalue weighted by molar-refractivity contribution is 0.509. The number of anilines is 1. The molecule has 3 rings (SSSR count). The number of imidazole rings is 1. The van der Waals surface area contributed by atoms with Crippen molar-refractivity contribution in [1.29, 1.82) is 0 Å². The Kier molecular flexibility index (Phi) is 3.21. The van der Waals surface area contributed by atoms with E-state index in [4.69, 9.17) is 10.7 Å². The van der Waals surface area contributed by atoms with E-state index in [1.165, 1.54) is 37.0 Å². The second-order valence-electron chi connectivity index (χ2n) is 6.18. The molecule has 1 fully saturated rings. The van der Waals surface area contributed by atoms with Crippen LogP contribution in [0.4, 0.5) is 5.69 Å². The van der Waals surface area contributed by atoms with Gasteiger partial charge >= 0.3 is 0 Å². The highest BCUT2D eigenvalue weighted by Gasteiger charge is 2.29. The number of fused-ring (bicyclic) bond motifs is 1. The summed E-state index contributed by atoms with van der Waals surface area (Å²) in [4.78, 5) is 4.82. The molecule has 3 heteroatoms. The number of nitrogen functional groups attached to an aromatic ring is 1. The summed E-state index contributed by atoms with van der Waals surface area (Å²) in [6.07, 6.45) is 5.10. The molecule has 0 saturated heterocycles. The molecule has 1 aliphatic carbocycles. The lowest BCUT2D eigenvalue weighted by Gasteiger charge is -2.10. The molecule has 0 atom stereocenters. The summed E-state index contributed by atoms with van der Waals surface area (Å²) in [5.74, 6) is 2.74. The van der Waals surface area contributed by atoms with E-state index in [0.29, 0.717) is 5.92 Å². The van der Waals surface area contributed by atoms with Crippen LogP contribution in [0.2, 0.25) is 0 Å². The predicted octanol–water partition coefficient (Wildman–Crippen LogP) is 3.93. The molecule has 3 nitrogen and oxygen atoms in total. The maximum atomic E-state index is 5.87. The van der Waals surface area contributed by atoms with Crippen LogP contribution >= 0.6 is 0 Å². The van der Waals surface area contributed by atoms with Gasteiger partial charge in [0.05, 0.1) is 11.0 Å². The zero-order valence-corrected chi connectivity index (χ0v) is 11.9. The first-order valence-corrected chi connectivity index (χ1v) is 7.41. The molecule has 1 aliphatic rings. The standard InChI is InChI=1S/C16H23N3/c1-11(2)4-3-9-19-15-8-7-13(17)10-14(15)18-16(19)12-5-6-12/h7-8,10-12H,3-6,9,17H2,1-2H3. The van der Waals surface area contributed by atoms with E-state index in [1.807, 2.05) is 12.1 Å². The van der Waals surface area contributed by atoms with Crippen LogP contribution in [0, 0.1) is 5.92 Å². The predicted molar refractivity (Wildman–Crippen MR) is 80.2 cm³/mol.